The number of ether oxygens (including phenoxy) is 2. The van der Waals surface area contributed by atoms with Gasteiger partial charge in [-0.3, -0.25) is 0 Å². The number of halogens is 6. The molecular formula is C31H26F6O4. The first-order chi connectivity index (χ1) is 19.0. The molecule has 0 aliphatic heterocycles. The first-order valence-electron chi connectivity index (χ1n) is 12.3. The van der Waals surface area contributed by atoms with E-state index >= 15 is 0 Å². The molecule has 0 amide bonds. The number of hydrogen-bond acceptors (Lipinski definition) is 4. The minimum atomic E-state index is -5.78. The van der Waals surface area contributed by atoms with Gasteiger partial charge in [-0.05, 0) is 110 Å². The SMILES string of the molecule is Cc1cc(C(c2cc(C)c(Oc3ccc(O)cc3)c(C)c2)(C(F)(F)F)C(F)(F)F)cc(C)c1Oc1ccc(O)cc1. The lowest BCUT2D eigenvalue weighted by Crippen LogP contribution is -2.55. The van der Waals surface area contributed by atoms with Gasteiger partial charge in [0, 0.05) is 0 Å². The Morgan fingerprint density at radius 1 is 0.488 bits per heavy atom. The number of hydrogen-bond donors (Lipinski definition) is 2. The maximum atomic E-state index is 14.9. The maximum absolute atomic E-state index is 14.9. The summed E-state index contributed by atoms with van der Waals surface area (Å²) >= 11 is 0. The zero-order chi connectivity index (χ0) is 30.3. The van der Waals surface area contributed by atoms with Gasteiger partial charge in [0.05, 0.1) is 0 Å². The number of phenolic OH excluding ortho intramolecular Hbond substituents is 2. The van der Waals surface area contributed by atoms with Crippen molar-refractivity contribution in [2.45, 2.75) is 45.5 Å². The molecule has 216 valence electrons. The van der Waals surface area contributed by atoms with E-state index in [0.717, 1.165) is 24.3 Å². The summed E-state index contributed by atoms with van der Waals surface area (Å²) in [7, 11) is 0. The molecule has 0 spiro atoms. The van der Waals surface area contributed by atoms with Gasteiger partial charge in [-0.1, -0.05) is 24.3 Å². The van der Waals surface area contributed by atoms with Gasteiger partial charge in [-0.15, -0.1) is 0 Å². The number of phenols is 2. The standard InChI is InChI=1S/C31H26F6O4/c1-17-13-21(14-18(2)27(17)40-25-9-5-23(38)6-10-25)29(30(32,33)34,31(35,36)37)22-15-19(3)28(20(4)16-22)41-26-11-7-24(39)8-12-26/h5-16,38-39H,1-4H3. The third kappa shape index (κ3) is 5.51. The number of benzene rings is 4. The number of aromatic hydroxyl groups is 2. The second kappa shape index (κ2) is 10.6. The Morgan fingerprint density at radius 2 is 0.756 bits per heavy atom. The molecule has 4 aromatic carbocycles. The van der Waals surface area contributed by atoms with Gasteiger partial charge in [0.2, 0.25) is 5.41 Å². The van der Waals surface area contributed by atoms with E-state index in [1.807, 2.05) is 0 Å². The van der Waals surface area contributed by atoms with Crippen LogP contribution in [0.4, 0.5) is 26.3 Å². The summed E-state index contributed by atoms with van der Waals surface area (Å²) in [5.41, 5.74) is -6.12. The van der Waals surface area contributed by atoms with E-state index in [2.05, 4.69) is 0 Å². The van der Waals surface area contributed by atoms with Crippen LogP contribution in [-0.4, -0.2) is 22.6 Å². The van der Waals surface area contributed by atoms with Crippen molar-refractivity contribution in [3.8, 4) is 34.5 Å². The molecule has 2 N–H and O–H groups in total. The molecule has 41 heavy (non-hydrogen) atoms. The molecule has 0 fully saturated rings. The monoisotopic (exact) mass is 576 g/mol. The highest BCUT2D eigenvalue weighted by Crippen LogP contribution is 2.57. The first-order valence-corrected chi connectivity index (χ1v) is 12.3. The van der Waals surface area contributed by atoms with E-state index in [0.29, 0.717) is 0 Å². The predicted molar refractivity (Wildman–Crippen MR) is 141 cm³/mol. The molecule has 4 aromatic rings. The van der Waals surface area contributed by atoms with Crippen LogP contribution in [0.15, 0.2) is 72.8 Å². The molecule has 0 bridgehead atoms. The number of aryl methyl sites for hydroxylation is 4. The van der Waals surface area contributed by atoms with Gasteiger partial charge in [0.1, 0.15) is 34.5 Å². The Bertz CT molecular complexity index is 1390. The van der Waals surface area contributed by atoms with Crippen LogP contribution in [0.3, 0.4) is 0 Å². The lowest BCUT2D eigenvalue weighted by Gasteiger charge is -2.39. The van der Waals surface area contributed by atoms with Gasteiger partial charge < -0.3 is 19.7 Å². The molecule has 0 aromatic heterocycles. The highest BCUT2D eigenvalue weighted by molar-refractivity contribution is 5.56. The molecule has 0 saturated carbocycles. The summed E-state index contributed by atoms with van der Waals surface area (Å²) in [6.45, 7) is 5.48. The van der Waals surface area contributed by atoms with Gasteiger partial charge in [-0.2, -0.15) is 26.3 Å². The molecule has 4 rings (SSSR count). The first kappa shape index (κ1) is 29.6. The van der Waals surface area contributed by atoms with Crippen molar-refractivity contribution in [2.24, 2.45) is 0 Å². The fourth-order valence-electron chi connectivity index (χ4n) is 4.90. The third-order valence-electron chi connectivity index (χ3n) is 6.75. The summed E-state index contributed by atoms with van der Waals surface area (Å²) in [5, 5.41) is 18.9. The average molecular weight is 577 g/mol. The minimum Gasteiger partial charge on any atom is -0.508 e. The largest absolute Gasteiger partial charge is 0.508 e. The van der Waals surface area contributed by atoms with Crippen LogP contribution >= 0.6 is 0 Å². The van der Waals surface area contributed by atoms with Gasteiger partial charge in [0.25, 0.3) is 0 Å². The molecular weight excluding hydrogens is 550 g/mol. The topological polar surface area (TPSA) is 58.9 Å². The van der Waals surface area contributed by atoms with Crippen molar-refractivity contribution in [2.75, 3.05) is 0 Å². The fraction of sp³-hybridized carbons (Fsp3) is 0.226. The lowest BCUT2D eigenvalue weighted by molar-refractivity contribution is -0.288. The van der Waals surface area contributed by atoms with E-state index in [-0.39, 0.29) is 56.8 Å². The Balaban J connectivity index is 1.89. The van der Waals surface area contributed by atoms with E-state index in [4.69, 9.17) is 9.47 Å². The van der Waals surface area contributed by atoms with Crippen LogP contribution in [0.1, 0.15) is 33.4 Å². The molecule has 4 nitrogen and oxygen atoms in total. The van der Waals surface area contributed by atoms with Crippen molar-refractivity contribution in [3.63, 3.8) is 0 Å². The van der Waals surface area contributed by atoms with Gasteiger partial charge >= 0.3 is 12.4 Å². The summed E-state index contributed by atoms with van der Waals surface area (Å²) in [5.74, 6) is 0.619. The summed E-state index contributed by atoms with van der Waals surface area (Å²) in [6, 6.07) is 14.4. The van der Waals surface area contributed by atoms with Crippen molar-refractivity contribution in [1.29, 1.82) is 0 Å². The second-order valence-corrected chi connectivity index (χ2v) is 9.82. The summed E-state index contributed by atoms with van der Waals surface area (Å²) < 4.78 is 101. The fourth-order valence-corrected chi connectivity index (χ4v) is 4.90. The Hall–Kier alpha value is -4.34. The predicted octanol–water partition coefficient (Wildman–Crippen LogP) is 9.33. The molecule has 0 aliphatic carbocycles. The van der Waals surface area contributed by atoms with Gasteiger partial charge in [-0.25, -0.2) is 0 Å². The third-order valence-corrected chi connectivity index (χ3v) is 6.75. The number of alkyl halides is 6. The van der Waals surface area contributed by atoms with Crippen molar-refractivity contribution in [3.05, 3.63) is 106 Å². The summed E-state index contributed by atoms with van der Waals surface area (Å²) in [6.07, 6.45) is -11.6. The minimum absolute atomic E-state index is 0.0358. The lowest BCUT2D eigenvalue weighted by atomic mass is 9.71. The molecule has 0 saturated heterocycles. The molecule has 0 heterocycles. The average Bonchev–Trinajstić information content (AvgIpc) is 2.84. The molecule has 0 atom stereocenters. The Labute approximate surface area is 232 Å². The van der Waals surface area contributed by atoms with Crippen LogP contribution in [0.2, 0.25) is 0 Å². The van der Waals surface area contributed by atoms with Crippen molar-refractivity contribution < 1.29 is 46.0 Å². The smallest absolute Gasteiger partial charge is 0.411 e. The zero-order valence-electron chi connectivity index (χ0n) is 22.4. The van der Waals surface area contributed by atoms with E-state index in [1.165, 1.54) is 76.2 Å². The highest BCUT2D eigenvalue weighted by Gasteiger charge is 2.72. The Kier molecular flexibility index (Phi) is 7.64. The second-order valence-electron chi connectivity index (χ2n) is 9.82. The molecule has 0 unspecified atom stereocenters. The molecule has 0 radical (unpaired) electrons. The molecule has 0 aliphatic rings. The van der Waals surface area contributed by atoms with E-state index in [9.17, 15) is 36.6 Å². The zero-order valence-corrected chi connectivity index (χ0v) is 22.4. The number of rotatable bonds is 6. The van der Waals surface area contributed by atoms with Crippen LogP contribution in [0.25, 0.3) is 0 Å². The van der Waals surface area contributed by atoms with Crippen molar-refractivity contribution in [1.82, 2.24) is 0 Å². The van der Waals surface area contributed by atoms with Crippen LogP contribution in [0, 0.1) is 27.7 Å². The van der Waals surface area contributed by atoms with Crippen LogP contribution in [0.5, 0.6) is 34.5 Å². The van der Waals surface area contributed by atoms with Crippen LogP contribution < -0.4 is 9.47 Å². The van der Waals surface area contributed by atoms with Crippen molar-refractivity contribution >= 4 is 0 Å². The van der Waals surface area contributed by atoms with Gasteiger partial charge in [0.15, 0.2) is 0 Å². The summed E-state index contributed by atoms with van der Waals surface area (Å²) in [4.78, 5) is 0. The Morgan fingerprint density at radius 3 is 1.00 bits per heavy atom. The van der Waals surface area contributed by atoms with Crippen LogP contribution in [-0.2, 0) is 5.41 Å². The normalized spacial score (nSPS) is 12.3. The van der Waals surface area contributed by atoms with E-state index in [1.54, 1.807) is 0 Å². The van der Waals surface area contributed by atoms with E-state index < -0.39 is 28.9 Å². The highest BCUT2D eigenvalue weighted by atomic mass is 19.4. The maximum Gasteiger partial charge on any atom is 0.411 e. The molecule has 10 heteroatoms. The quantitative estimate of drug-likeness (QED) is 0.225.